The molecular weight excluding hydrogens is 494 g/mol. The van der Waals surface area contributed by atoms with Crippen molar-refractivity contribution in [3.63, 3.8) is 0 Å². The predicted octanol–water partition coefficient (Wildman–Crippen LogP) is 1.84. The number of aliphatic imine (C=N–C) groups is 1. The highest BCUT2D eigenvalue weighted by molar-refractivity contribution is 5.92. The summed E-state index contributed by atoms with van der Waals surface area (Å²) >= 11 is 0. The summed E-state index contributed by atoms with van der Waals surface area (Å²) in [6.45, 7) is 0.920. The van der Waals surface area contributed by atoms with Crippen molar-refractivity contribution in [2.24, 2.45) is 22.2 Å². The number of nitrogens with zero attached hydrogens (tertiary/aromatic N) is 1. The van der Waals surface area contributed by atoms with Crippen LogP contribution >= 0.6 is 0 Å². The first-order valence-electron chi connectivity index (χ1n) is 12.7. The van der Waals surface area contributed by atoms with E-state index in [1.54, 1.807) is 0 Å². The average Bonchev–Trinajstić information content (AvgIpc) is 2.94. The Labute approximate surface area is 228 Å². The van der Waals surface area contributed by atoms with Gasteiger partial charge in [0.05, 0.1) is 5.92 Å². The van der Waals surface area contributed by atoms with Crippen LogP contribution in [0.25, 0.3) is 0 Å². The van der Waals surface area contributed by atoms with Crippen LogP contribution in [0.15, 0.2) is 89.9 Å². The van der Waals surface area contributed by atoms with E-state index >= 15 is 0 Å². The molecule has 0 unspecified atom stereocenters. The molecule has 3 aromatic carbocycles. The lowest BCUT2D eigenvalue weighted by Gasteiger charge is -2.23. The molecule has 0 aliphatic rings. The number of amides is 4. The molecule has 39 heavy (non-hydrogen) atoms. The lowest BCUT2D eigenvalue weighted by Crippen LogP contribution is -2.48. The van der Waals surface area contributed by atoms with Gasteiger partial charge in [-0.3, -0.25) is 14.6 Å². The number of guanidine groups is 1. The second-order valence-electron chi connectivity index (χ2n) is 9.02. The molecule has 10 heteroatoms. The zero-order valence-corrected chi connectivity index (χ0v) is 21.7. The third-order valence-electron chi connectivity index (χ3n) is 6.06. The molecule has 0 aliphatic heterocycles. The molecule has 0 aromatic heterocycles. The van der Waals surface area contributed by atoms with Crippen LogP contribution in [0.3, 0.4) is 0 Å². The van der Waals surface area contributed by atoms with Crippen molar-refractivity contribution in [1.29, 1.82) is 0 Å². The van der Waals surface area contributed by atoms with Gasteiger partial charge in [0.2, 0.25) is 11.8 Å². The van der Waals surface area contributed by atoms with E-state index in [0.29, 0.717) is 25.9 Å². The molecule has 0 bridgehead atoms. The van der Waals surface area contributed by atoms with Gasteiger partial charge in [0.25, 0.3) is 0 Å². The summed E-state index contributed by atoms with van der Waals surface area (Å²) in [5, 5.41) is 8.41. The van der Waals surface area contributed by atoms with E-state index in [9.17, 15) is 14.4 Å². The fraction of sp³-hybridized carbons (Fsp3) is 0.241. The van der Waals surface area contributed by atoms with Gasteiger partial charge in [-0.2, -0.15) is 0 Å². The fourth-order valence-electron chi connectivity index (χ4n) is 4.09. The molecule has 9 N–H and O–H groups in total. The van der Waals surface area contributed by atoms with Gasteiger partial charge in [-0.05, 0) is 35.1 Å². The van der Waals surface area contributed by atoms with Crippen molar-refractivity contribution in [2.45, 2.75) is 37.9 Å². The van der Waals surface area contributed by atoms with E-state index in [1.807, 2.05) is 84.9 Å². The lowest BCUT2D eigenvalue weighted by molar-refractivity contribution is -0.129. The summed E-state index contributed by atoms with van der Waals surface area (Å²) in [6.07, 6.45) is 0.849. The van der Waals surface area contributed by atoms with Crippen molar-refractivity contribution in [3.05, 3.63) is 107 Å². The zero-order valence-electron chi connectivity index (χ0n) is 21.7. The highest BCUT2D eigenvalue weighted by atomic mass is 16.2. The highest BCUT2D eigenvalue weighted by Gasteiger charge is 2.27. The Bertz CT molecular complexity index is 1210. The number of hydrogen-bond donors (Lipinski definition) is 6. The average molecular weight is 530 g/mol. The second-order valence-corrected chi connectivity index (χ2v) is 9.02. The first-order valence-corrected chi connectivity index (χ1v) is 12.7. The van der Waals surface area contributed by atoms with Gasteiger partial charge >= 0.3 is 6.03 Å². The SMILES string of the molecule is NC(=O)NCc1ccc(CNC(=O)[C@H](CCCN=C(N)N)NC(=O)C(c2ccccc2)c2ccccc2)cc1. The van der Waals surface area contributed by atoms with Crippen LogP contribution < -0.4 is 33.2 Å². The van der Waals surface area contributed by atoms with Gasteiger partial charge < -0.3 is 33.2 Å². The smallest absolute Gasteiger partial charge is 0.312 e. The molecule has 3 aromatic rings. The minimum atomic E-state index is -0.791. The summed E-state index contributed by atoms with van der Waals surface area (Å²) in [7, 11) is 0. The molecule has 0 spiro atoms. The molecule has 0 saturated carbocycles. The molecule has 3 rings (SSSR count). The topological polar surface area (TPSA) is 178 Å². The maximum Gasteiger partial charge on any atom is 0.312 e. The molecule has 0 heterocycles. The standard InChI is InChI=1S/C29H35N7O3/c30-28(31)33-17-7-12-24(26(37)34-18-20-13-15-21(16-14-20)19-35-29(32)39)36-27(38)25(22-8-3-1-4-9-22)23-10-5-2-6-11-23/h1-6,8-11,13-16,24-25H,7,12,17-19H2,(H,34,37)(H,36,38)(H4,30,31,33)(H3,32,35,39)/t24-/m0/s1. The minimum absolute atomic E-state index is 0.0252. The number of benzene rings is 3. The molecular formula is C29H35N7O3. The van der Waals surface area contributed by atoms with Gasteiger partial charge in [-0.15, -0.1) is 0 Å². The molecule has 0 saturated heterocycles. The number of carbonyl (C=O) groups excluding carboxylic acids is 3. The molecule has 0 aliphatic carbocycles. The number of urea groups is 1. The maximum atomic E-state index is 13.6. The van der Waals surface area contributed by atoms with Crippen LogP contribution in [-0.2, 0) is 22.7 Å². The number of nitrogens with one attached hydrogen (secondary N) is 3. The van der Waals surface area contributed by atoms with Gasteiger partial charge in [-0.25, -0.2) is 4.79 Å². The van der Waals surface area contributed by atoms with E-state index in [1.165, 1.54) is 0 Å². The zero-order chi connectivity index (χ0) is 28.0. The summed E-state index contributed by atoms with van der Waals surface area (Å²) < 4.78 is 0. The Kier molecular flexibility index (Phi) is 10.9. The number of hydrogen-bond acceptors (Lipinski definition) is 4. The van der Waals surface area contributed by atoms with Crippen molar-refractivity contribution in [1.82, 2.24) is 16.0 Å². The molecule has 0 radical (unpaired) electrons. The van der Waals surface area contributed by atoms with Crippen LogP contribution in [-0.4, -0.2) is 36.4 Å². The van der Waals surface area contributed by atoms with Crippen LogP contribution in [0, 0.1) is 0 Å². The number of nitrogens with two attached hydrogens (primary N) is 3. The lowest BCUT2D eigenvalue weighted by atomic mass is 9.90. The van der Waals surface area contributed by atoms with Crippen molar-refractivity contribution in [2.75, 3.05) is 6.54 Å². The van der Waals surface area contributed by atoms with Crippen molar-refractivity contribution >= 4 is 23.8 Å². The van der Waals surface area contributed by atoms with E-state index in [0.717, 1.165) is 22.3 Å². The van der Waals surface area contributed by atoms with Gasteiger partial charge in [-0.1, -0.05) is 84.9 Å². The van der Waals surface area contributed by atoms with Crippen LogP contribution in [0.1, 0.15) is 41.0 Å². The van der Waals surface area contributed by atoms with Crippen LogP contribution in [0.4, 0.5) is 4.79 Å². The molecule has 0 fully saturated rings. The molecule has 4 amide bonds. The molecule has 204 valence electrons. The Morgan fingerprint density at radius 2 is 1.21 bits per heavy atom. The number of rotatable bonds is 13. The Morgan fingerprint density at radius 3 is 1.69 bits per heavy atom. The van der Waals surface area contributed by atoms with E-state index in [4.69, 9.17) is 17.2 Å². The Hall–Kier alpha value is -4.86. The van der Waals surface area contributed by atoms with Crippen molar-refractivity contribution in [3.8, 4) is 0 Å². The molecule has 10 nitrogen and oxygen atoms in total. The van der Waals surface area contributed by atoms with E-state index in [2.05, 4.69) is 20.9 Å². The largest absolute Gasteiger partial charge is 0.370 e. The maximum absolute atomic E-state index is 13.6. The van der Waals surface area contributed by atoms with Crippen LogP contribution in [0.2, 0.25) is 0 Å². The van der Waals surface area contributed by atoms with Crippen LogP contribution in [0.5, 0.6) is 0 Å². The van der Waals surface area contributed by atoms with Gasteiger partial charge in [0.1, 0.15) is 6.04 Å². The predicted molar refractivity (Wildman–Crippen MR) is 151 cm³/mol. The van der Waals surface area contributed by atoms with Crippen molar-refractivity contribution < 1.29 is 14.4 Å². The quantitative estimate of drug-likeness (QED) is 0.112. The van der Waals surface area contributed by atoms with Gasteiger partial charge in [0.15, 0.2) is 5.96 Å². The Balaban J connectivity index is 1.72. The normalized spacial score (nSPS) is 11.3. The first-order chi connectivity index (χ1) is 18.8. The first kappa shape index (κ1) is 28.7. The minimum Gasteiger partial charge on any atom is -0.370 e. The summed E-state index contributed by atoms with van der Waals surface area (Å²) in [4.78, 5) is 41.8. The number of carbonyl (C=O) groups is 3. The highest BCUT2D eigenvalue weighted by Crippen LogP contribution is 2.25. The fourth-order valence-corrected chi connectivity index (χ4v) is 4.09. The van der Waals surface area contributed by atoms with E-state index < -0.39 is 18.0 Å². The van der Waals surface area contributed by atoms with Gasteiger partial charge in [0, 0.05) is 19.6 Å². The number of primary amides is 1. The third-order valence-corrected chi connectivity index (χ3v) is 6.06. The summed E-state index contributed by atoms with van der Waals surface area (Å²) in [6, 6.07) is 24.9. The monoisotopic (exact) mass is 529 g/mol. The second kappa shape index (κ2) is 14.8. The summed E-state index contributed by atoms with van der Waals surface area (Å²) in [5.74, 6) is -1.20. The third kappa shape index (κ3) is 9.51. The summed E-state index contributed by atoms with van der Waals surface area (Å²) in [5.41, 5.74) is 19.4. The Morgan fingerprint density at radius 1 is 0.692 bits per heavy atom. The molecule has 1 atom stereocenters. The van der Waals surface area contributed by atoms with E-state index in [-0.39, 0.29) is 24.3 Å².